The molecule has 21 heavy (non-hydrogen) atoms. The number of benzene rings is 1. The summed E-state index contributed by atoms with van der Waals surface area (Å²) in [5.74, 6) is 0. The summed E-state index contributed by atoms with van der Waals surface area (Å²) in [6.45, 7) is 2.15. The van der Waals surface area contributed by atoms with E-state index in [4.69, 9.17) is 5.11 Å². The Bertz CT molecular complexity index is 545. The number of nitrogens with one attached hydrogen (secondary N) is 1. The van der Waals surface area contributed by atoms with Gasteiger partial charge in [-0.05, 0) is 50.3 Å². The zero-order valence-corrected chi connectivity index (χ0v) is 13.5. The van der Waals surface area contributed by atoms with Crippen molar-refractivity contribution < 1.29 is 13.5 Å². The minimum Gasteiger partial charge on any atom is -0.396 e. The zero-order valence-electron chi connectivity index (χ0n) is 12.6. The van der Waals surface area contributed by atoms with Crippen molar-refractivity contribution in [2.75, 3.05) is 6.61 Å². The second-order valence-corrected chi connectivity index (χ2v) is 7.88. The molecule has 0 atom stereocenters. The van der Waals surface area contributed by atoms with Crippen LogP contribution in [0.2, 0.25) is 0 Å². The van der Waals surface area contributed by atoms with Gasteiger partial charge in [0.1, 0.15) is 0 Å². The van der Waals surface area contributed by atoms with Crippen LogP contribution in [-0.2, 0) is 16.4 Å². The first-order valence-corrected chi connectivity index (χ1v) is 9.17. The number of aryl methyl sites for hydroxylation is 1. The Hall–Kier alpha value is -0.910. The van der Waals surface area contributed by atoms with Gasteiger partial charge in [-0.25, -0.2) is 13.1 Å². The van der Waals surface area contributed by atoms with Crippen molar-refractivity contribution in [3.63, 3.8) is 0 Å². The minimum atomic E-state index is -3.46. The molecular formula is C16H25NO3S. The molecule has 1 aliphatic rings. The van der Waals surface area contributed by atoms with Crippen LogP contribution in [0.4, 0.5) is 0 Å². The molecular weight excluding hydrogens is 286 g/mol. The molecule has 1 aromatic carbocycles. The highest BCUT2D eigenvalue weighted by molar-refractivity contribution is 7.89. The molecule has 0 aromatic heterocycles. The third-order valence-corrected chi connectivity index (χ3v) is 5.85. The van der Waals surface area contributed by atoms with E-state index in [1.54, 1.807) is 12.1 Å². The summed E-state index contributed by atoms with van der Waals surface area (Å²) < 4.78 is 27.8. The van der Waals surface area contributed by atoms with Crippen LogP contribution in [0.3, 0.4) is 0 Å². The number of aliphatic hydroxyl groups excluding tert-OH is 1. The number of aliphatic hydroxyl groups is 1. The molecule has 5 heteroatoms. The van der Waals surface area contributed by atoms with E-state index >= 15 is 0 Å². The lowest BCUT2D eigenvalue weighted by Gasteiger charge is -2.34. The second kappa shape index (κ2) is 6.90. The van der Waals surface area contributed by atoms with Gasteiger partial charge in [0.2, 0.25) is 10.0 Å². The summed E-state index contributed by atoms with van der Waals surface area (Å²) in [6, 6.07) is 6.96. The summed E-state index contributed by atoms with van der Waals surface area (Å²) in [7, 11) is -3.46. The highest BCUT2D eigenvalue weighted by Gasteiger charge is 2.31. The van der Waals surface area contributed by atoms with Gasteiger partial charge in [0.05, 0.1) is 4.90 Å². The van der Waals surface area contributed by atoms with E-state index in [1.807, 2.05) is 19.1 Å². The largest absolute Gasteiger partial charge is 0.396 e. The van der Waals surface area contributed by atoms with E-state index in [2.05, 4.69) is 4.72 Å². The maximum absolute atomic E-state index is 12.5. The molecule has 2 N–H and O–H groups in total. The molecule has 1 fully saturated rings. The molecule has 0 saturated heterocycles. The molecule has 1 saturated carbocycles. The molecule has 0 bridgehead atoms. The Morgan fingerprint density at radius 3 is 2.33 bits per heavy atom. The maximum atomic E-state index is 12.5. The lowest BCUT2D eigenvalue weighted by molar-refractivity contribution is 0.288. The van der Waals surface area contributed by atoms with Crippen LogP contribution in [0, 0.1) is 0 Å². The van der Waals surface area contributed by atoms with Crippen molar-refractivity contribution in [3.05, 3.63) is 29.8 Å². The van der Waals surface area contributed by atoms with Crippen molar-refractivity contribution in [3.8, 4) is 0 Å². The van der Waals surface area contributed by atoms with Gasteiger partial charge >= 0.3 is 0 Å². The summed E-state index contributed by atoms with van der Waals surface area (Å²) in [5, 5.41) is 8.82. The van der Waals surface area contributed by atoms with E-state index in [1.165, 1.54) is 6.42 Å². The number of sulfonamides is 1. The smallest absolute Gasteiger partial charge is 0.241 e. The van der Waals surface area contributed by atoms with Gasteiger partial charge in [0, 0.05) is 12.1 Å². The summed E-state index contributed by atoms with van der Waals surface area (Å²) in [5.41, 5.74) is 0.735. The van der Waals surface area contributed by atoms with E-state index in [9.17, 15) is 8.42 Å². The Morgan fingerprint density at radius 1 is 1.14 bits per heavy atom. The Morgan fingerprint density at radius 2 is 1.76 bits per heavy atom. The molecule has 2 rings (SSSR count). The fourth-order valence-electron chi connectivity index (χ4n) is 2.94. The normalized spacial score (nSPS) is 18.6. The van der Waals surface area contributed by atoms with E-state index in [0.717, 1.165) is 37.7 Å². The summed E-state index contributed by atoms with van der Waals surface area (Å²) in [6.07, 6.45) is 6.63. The number of hydrogen-bond acceptors (Lipinski definition) is 3. The molecule has 118 valence electrons. The van der Waals surface area contributed by atoms with Gasteiger partial charge in [-0.15, -0.1) is 0 Å². The number of rotatable bonds is 6. The van der Waals surface area contributed by atoms with Gasteiger partial charge in [0.25, 0.3) is 0 Å². The van der Waals surface area contributed by atoms with Crippen LogP contribution in [0.15, 0.2) is 29.2 Å². The fourth-order valence-corrected chi connectivity index (χ4v) is 4.40. The molecule has 0 amide bonds. The van der Waals surface area contributed by atoms with E-state index in [0.29, 0.717) is 11.3 Å². The molecule has 1 aromatic rings. The summed E-state index contributed by atoms with van der Waals surface area (Å²) in [4.78, 5) is 0.321. The molecule has 0 heterocycles. The lowest BCUT2D eigenvalue weighted by Crippen LogP contribution is -2.47. The Kier molecular flexibility index (Phi) is 5.41. The van der Waals surface area contributed by atoms with Crippen LogP contribution in [0.25, 0.3) is 0 Å². The average molecular weight is 311 g/mol. The Labute approximate surface area is 127 Å². The highest BCUT2D eigenvalue weighted by atomic mass is 32.2. The van der Waals surface area contributed by atoms with Gasteiger partial charge in [0.15, 0.2) is 0 Å². The predicted molar refractivity (Wildman–Crippen MR) is 83.7 cm³/mol. The third kappa shape index (κ3) is 4.53. The fraction of sp³-hybridized carbons (Fsp3) is 0.625. The van der Waals surface area contributed by atoms with Crippen LogP contribution >= 0.6 is 0 Å². The first kappa shape index (κ1) is 16.5. The first-order chi connectivity index (χ1) is 9.95. The lowest BCUT2D eigenvalue weighted by atomic mass is 9.84. The monoisotopic (exact) mass is 311 g/mol. The van der Waals surface area contributed by atoms with Crippen molar-refractivity contribution >= 4 is 10.0 Å². The van der Waals surface area contributed by atoms with Crippen LogP contribution in [0.1, 0.15) is 51.0 Å². The van der Waals surface area contributed by atoms with Crippen LogP contribution in [0.5, 0.6) is 0 Å². The van der Waals surface area contributed by atoms with Crippen LogP contribution < -0.4 is 4.72 Å². The SMILES string of the molecule is CC1(NS(=O)(=O)c2ccc(CCCO)cc2)CCCCC1. The van der Waals surface area contributed by atoms with Crippen molar-refractivity contribution in [2.24, 2.45) is 0 Å². The van der Waals surface area contributed by atoms with Gasteiger partial charge in [-0.3, -0.25) is 0 Å². The van der Waals surface area contributed by atoms with Crippen molar-refractivity contribution in [2.45, 2.75) is 62.3 Å². The van der Waals surface area contributed by atoms with E-state index in [-0.39, 0.29) is 12.1 Å². The molecule has 1 aliphatic carbocycles. The topological polar surface area (TPSA) is 66.4 Å². The quantitative estimate of drug-likeness (QED) is 0.848. The van der Waals surface area contributed by atoms with Gasteiger partial charge < -0.3 is 5.11 Å². The molecule has 0 aliphatic heterocycles. The third-order valence-electron chi connectivity index (χ3n) is 4.20. The zero-order chi connectivity index (χ0) is 15.3. The first-order valence-electron chi connectivity index (χ1n) is 7.69. The molecule has 0 unspecified atom stereocenters. The van der Waals surface area contributed by atoms with Crippen LogP contribution in [-0.4, -0.2) is 25.7 Å². The highest BCUT2D eigenvalue weighted by Crippen LogP contribution is 2.29. The second-order valence-electron chi connectivity index (χ2n) is 6.20. The summed E-state index contributed by atoms with van der Waals surface area (Å²) >= 11 is 0. The predicted octanol–water partition coefficient (Wildman–Crippen LogP) is 2.61. The molecule has 0 radical (unpaired) electrons. The average Bonchev–Trinajstić information content (AvgIpc) is 2.45. The minimum absolute atomic E-state index is 0.153. The van der Waals surface area contributed by atoms with Gasteiger partial charge in [-0.2, -0.15) is 0 Å². The standard InChI is InChI=1S/C16H25NO3S/c1-16(11-3-2-4-12-16)17-21(19,20)15-9-7-14(8-10-15)6-5-13-18/h7-10,17-18H,2-6,11-13H2,1H3. The number of hydrogen-bond donors (Lipinski definition) is 2. The van der Waals surface area contributed by atoms with E-state index < -0.39 is 10.0 Å². The Balaban J connectivity index is 2.08. The molecule has 0 spiro atoms. The molecule has 4 nitrogen and oxygen atoms in total. The maximum Gasteiger partial charge on any atom is 0.241 e. The van der Waals surface area contributed by atoms with Gasteiger partial charge in [-0.1, -0.05) is 31.4 Å². The van der Waals surface area contributed by atoms with Crippen molar-refractivity contribution in [1.82, 2.24) is 4.72 Å². The van der Waals surface area contributed by atoms with Crippen molar-refractivity contribution in [1.29, 1.82) is 0 Å².